The third-order valence-corrected chi connectivity index (χ3v) is 6.04. The lowest BCUT2D eigenvalue weighted by molar-refractivity contribution is -0.120. The molecule has 3 unspecified atom stereocenters. The predicted molar refractivity (Wildman–Crippen MR) is 125 cm³/mol. The summed E-state index contributed by atoms with van der Waals surface area (Å²) >= 11 is 0. The summed E-state index contributed by atoms with van der Waals surface area (Å²) in [5.41, 5.74) is 3.27. The summed E-state index contributed by atoms with van der Waals surface area (Å²) in [5.74, 6) is 0.256. The Labute approximate surface area is 179 Å². The minimum absolute atomic E-state index is 0.348. The Morgan fingerprint density at radius 2 is 1.59 bits per heavy atom. The fourth-order valence-corrected chi connectivity index (χ4v) is 3.77. The lowest BCUT2D eigenvalue weighted by atomic mass is 10.00. The van der Waals surface area contributed by atoms with Crippen LogP contribution in [-0.2, 0) is 9.36 Å². The average Bonchev–Trinajstić information content (AvgIpc) is 2.62. The van der Waals surface area contributed by atoms with E-state index >= 15 is 0 Å². The minimum atomic E-state index is -2.47. The Hall–Kier alpha value is -1.51. The summed E-state index contributed by atoms with van der Waals surface area (Å²) in [7, 11) is -2.47. The molecule has 1 amide bonds. The maximum absolute atomic E-state index is 11.8. The van der Waals surface area contributed by atoms with Crippen LogP contribution in [0.2, 0.25) is 0 Å². The van der Waals surface area contributed by atoms with Gasteiger partial charge in [0.25, 0.3) is 11.6 Å². The Bertz CT molecular complexity index is 632. The van der Waals surface area contributed by atoms with Crippen LogP contribution in [-0.4, -0.2) is 23.0 Å². The van der Waals surface area contributed by atoms with Gasteiger partial charge in [-0.25, -0.2) is 0 Å². The van der Waals surface area contributed by atoms with Crippen molar-refractivity contribution in [2.24, 2.45) is 5.92 Å². The van der Waals surface area contributed by atoms with Crippen molar-refractivity contribution < 1.29 is 14.3 Å². The second-order valence-electron chi connectivity index (χ2n) is 7.91. The summed E-state index contributed by atoms with van der Waals surface area (Å²) in [6.45, 7) is 12.9. The van der Waals surface area contributed by atoms with E-state index in [9.17, 15) is 9.36 Å². The zero-order chi connectivity index (χ0) is 22.2. The van der Waals surface area contributed by atoms with Gasteiger partial charge in [-0.1, -0.05) is 60.9 Å². The summed E-state index contributed by atoms with van der Waals surface area (Å²) in [5, 5.41) is 2.72. The predicted octanol–water partition coefficient (Wildman–Crippen LogP) is 6.62. The van der Waals surface area contributed by atoms with Gasteiger partial charge in [-0.2, -0.15) is 4.89 Å². The number of nitrogens with one attached hydrogen (secondary N) is 1. The molecule has 0 rings (SSSR count). The van der Waals surface area contributed by atoms with E-state index in [1.807, 2.05) is 6.08 Å². The second kappa shape index (κ2) is 16.3. The molecule has 0 heterocycles. The van der Waals surface area contributed by atoms with Gasteiger partial charge < -0.3 is 5.32 Å². The molecule has 164 valence electrons. The van der Waals surface area contributed by atoms with E-state index in [4.69, 9.17) is 4.89 Å². The highest BCUT2D eigenvalue weighted by molar-refractivity contribution is 7.40. The average molecular weight is 423 g/mol. The third kappa shape index (κ3) is 14.2. The number of hydrogen-bond acceptors (Lipinski definition) is 2. The first kappa shape index (κ1) is 27.5. The molecule has 0 saturated heterocycles. The lowest BCUT2D eigenvalue weighted by Gasteiger charge is -2.07. The van der Waals surface area contributed by atoms with Gasteiger partial charge in [0.2, 0.25) is 0 Å². The highest BCUT2D eigenvalue weighted by atomic mass is 31.1. The molecular weight excluding hydrogens is 381 g/mol. The summed E-state index contributed by atoms with van der Waals surface area (Å²) in [6.07, 6.45) is 16.6. The van der Waals surface area contributed by atoms with E-state index in [-0.39, 0.29) is 5.91 Å². The van der Waals surface area contributed by atoms with Gasteiger partial charge in [0.1, 0.15) is 0 Å². The van der Waals surface area contributed by atoms with Gasteiger partial charge in [0.15, 0.2) is 0 Å². The number of carbonyl (C=O) groups excluding carboxylic acids is 1. The Morgan fingerprint density at radius 3 is 2.10 bits per heavy atom. The van der Waals surface area contributed by atoms with Crippen LogP contribution in [0.1, 0.15) is 80.1 Å². The molecule has 0 fully saturated rings. The first-order chi connectivity index (χ1) is 13.7. The van der Waals surface area contributed by atoms with Crippen LogP contribution in [0.5, 0.6) is 0 Å². The van der Waals surface area contributed by atoms with Gasteiger partial charge >= 0.3 is 8.03 Å². The molecule has 0 aromatic heterocycles. The SMILES string of the molecule is C/C=C/C(C)C/C(C)=C/CC/C(C)=C/CC/C(C)=C/CNC(=O)C(CC)[P+](=O)O. The molecule has 2 N–H and O–H groups in total. The van der Waals surface area contributed by atoms with Crippen molar-refractivity contribution in [2.75, 3.05) is 6.54 Å². The van der Waals surface area contributed by atoms with Crippen LogP contribution in [0.3, 0.4) is 0 Å². The Morgan fingerprint density at radius 1 is 1.03 bits per heavy atom. The van der Waals surface area contributed by atoms with Gasteiger partial charge in [0.05, 0.1) is 0 Å². The molecule has 0 bridgehead atoms. The maximum atomic E-state index is 11.8. The monoisotopic (exact) mass is 422 g/mol. The first-order valence-electron chi connectivity index (χ1n) is 10.7. The molecule has 0 aliphatic heterocycles. The number of rotatable bonds is 14. The lowest BCUT2D eigenvalue weighted by Crippen LogP contribution is -2.32. The topological polar surface area (TPSA) is 66.4 Å². The molecule has 0 aromatic rings. The van der Waals surface area contributed by atoms with Crippen LogP contribution in [0, 0.1) is 5.92 Å². The molecule has 0 aromatic carbocycles. The van der Waals surface area contributed by atoms with Crippen molar-refractivity contribution in [1.82, 2.24) is 5.32 Å². The van der Waals surface area contributed by atoms with Crippen LogP contribution < -0.4 is 5.32 Å². The van der Waals surface area contributed by atoms with Gasteiger partial charge in [-0.15, -0.1) is 0 Å². The molecule has 0 spiro atoms. The molecule has 5 heteroatoms. The van der Waals surface area contributed by atoms with Crippen molar-refractivity contribution >= 4 is 13.9 Å². The highest BCUT2D eigenvalue weighted by Crippen LogP contribution is 2.25. The quantitative estimate of drug-likeness (QED) is 0.244. The molecule has 0 saturated carbocycles. The molecule has 4 nitrogen and oxygen atoms in total. The van der Waals surface area contributed by atoms with E-state index in [1.165, 1.54) is 16.7 Å². The minimum Gasteiger partial charge on any atom is -0.349 e. The summed E-state index contributed by atoms with van der Waals surface area (Å²) < 4.78 is 11.1. The van der Waals surface area contributed by atoms with E-state index in [0.717, 1.165) is 32.1 Å². The molecule has 0 aliphatic rings. The maximum Gasteiger partial charge on any atom is 0.518 e. The number of hydrogen-bond donors (Lipinski definition) is 2. The van der Waals surface area contributed by atoms with Crippen molar-refractivity contribution in [3.05, 3.63) is 47.1 Å². The highest BCUT2D eigenvalue weighted by Gasteiger charge is 2.34. The van der Waals surface area contributed by atoms with Crippen molar-refractivity contribution in [3.63, 3.8) is 0 Å². The fraction of sp³-hybridized carbons (Fsp3) is 0.625. The van der Waals surface area contributed by atoms with Crippen molar-refractivity contribution in [3.8, 4) is 0 Å². The van der Waals surface area contributed by atoms with Gasteiger partial charge in [0, 0.05) is 13.0 Å². The summed E-state index contributed by atoms with van der Waals surface area (Å²) in [6, 6.07) is 0. The normalized spacial score (nSPS) is 16.1. The molecule has 0 aliphatic carbocycles. The molecule has 3 atom stereocenters. The van der Waals surface area contributed by atoms with Crippen LogP contribution in [0.4, 0.5) is 0 Å². The zero-order valence-corrected chi connectivity index (χ0v) is 20.1. The van der Waals surface area contributed by atoms with Crippen molar-refractivity contribution in [1.29, 1.82) is 0 Å². The van der Waals surface area contributed by atoms with E-state index in [2.05, 4.69) is 64.2 Å². The van der Waals surface area contributed by atoms with Gasteiger partial charge in [-0.05, 0) is 70.3 Å². The Kier molecular flexibility index (Phi) is 15.5. The first-order valence-corrected chi connectivity index (χ1v) is 12.0. The van der Waals surface area contributed by atoms with E-state index in [0.29, 0.717) is 18.9 Å². The van der Waals surface area contributed by atoms with Crippen LogP contribution in [0.25, 0.3) is 0 Å². The number of carbonyl (C=O) groups is 1. The standard InChI is InChI=1S/C24H40NO3P/c1-7-11-21(5)18-22(6)15-10-13-19(3)12-9-14-20(4)16-17-25-24(26)23(8-2)29(27)28/h7,11-12,15-16,21,23H,8-10,13-14,17-18H2,1-6H3,(H-,25,26,27,28)/p+1/b11-7+,19-12+,20-16+,22-15+. The smallest absolute Gasteiger partial charge is 0.349 e. The zero-order valence-electron chi connectivity index (χ0n) is 19.2. The van der Waals surface area contributed by atoms with Crippen molar-refractivity contribution in [2.45, 2.75) is 85.7 Å². The summed E-state index contributed by atoms with van der Waals surface area (Å²) in [4.78, 5) is 21.0. The largest absolute Gasteiger partial charge is 0.518 e. The number of allylic oxidation sites excluding steroid dienone is 7. The third-order valence-electron chi connectivity index (χ3n) is 4.91. The molecular formula is C24H41NO3P+. The second-order valence-corrected chi connectivity index (χ2v) is 9.14. The fourth-order valence-electron chi connectivity index (χ4n) is 3.17. The van der Waals surface area contributed by atoms with Gasteiger partial charge in [-0.3, -0.25) is 4.79 Å². The van der Waals surface area contributed by atoms with Crippen LogP contribution >= 0.6 is 8.03 Å². The Balaban J connectivity index is 4.21. The van der Waals surface area contributed by atoms with E-state index < -0.39 is 13.7 Å². The van der Waals surface area contributed by atoms with Crippen LogP contribution in [0.15, 0.2) is 47.1 Å². The number of amides is 1. The van der Waals surface area contributed by atoms with E-state index in [1.54, 1.807) is 6.92 Å². The molecule has 0 radical (unpaired) electrons. The molecule has 29 heavy (non-hydrogen) atoms.